The average Bonchev–Trinajstić information content (AvgIpc) is 3.34. The molecule has 2 heterocycles. The molecule has 0 aromatic rings. The summed E-state index contributed by atoms with van der Waals surface area (Å²) in [6.45, 7) is 7.20. The van der Waals surface area contributed by atoms with Gasteiger partial charge in [-0.05, 0) is 81.6 Å². The van der Waals surface area contributed by atoms with Gasteiger partial charge in [0.1, 0.15) is 5.76 Å². The third-order valence-corrected chi connectivity index (χ3v) is 9.96. The fourth-order valence-corrected chi connectivity index (χ4v) is 7.38. The van der Waals surface area contributed by atoms with E-state index in [9.17, 15) is 13.8 Å². The Labute approximate surface area is 228 Å². The van der Waals surface area contributed by atoms with E-state index in [1.807, 2.05) is 35.3 Å². The van der Waals surface area contributed by atoms with Crippen molar-refractivity contribution in [2.24, 2.45) is 0 Å². The molecule has 2 aliphatic carbocycles. The van der Waals surface area contributed by atoms with Crippen LogP contribution in [0.15, 0.2) is 47.3 Å². The Morgan fingerprint density at radius 2 is 1.97 bits per heavy atom. The van der Waals surface area contributed by atoms with E-state index in [1.54, 1.807) is 12.0 Å². The highest BCUT2D eigenvalue weighted by molar-refractivity contribution is 7.99. The summed E-state index contributed by atoms with van der Waals surface area (Å²) in [5.41, 5.74) is 2.30. The zero-order valence-corrected chi connectivity index (χ0v) is 23.8. The molecule has 2 unspecified atom stereocenters. The third-order valence-electron chi connectivity index (χ3n) is 7.98. The molecule has 0 spiro atoms. The third kappa shape index (κ3) is 7.18. The number of carbonyl (C=O) groups excluding carboxylic acids is 2. The summed E-state index contributed by atoms with van der Waals surface area (Å²) in [6, 6.07) is -0.594. The lowest BCUT2D eigenvalue weighted by molar-refractivity contribution is -0.143. The Balaban J connectivity index is 1.34. The maximum absolute atomic E-state index is 13.8. The number of allylic oxidation sites excluding steroid dienone is 6. The lowest BCUT2D eigenvalue weighted by atomic mass is 9.95. The second-order valence-corrected chi connectivity index (χ2v) is 13.0. The highest BCUT2D eigenvalue weighted by Gasteiger charge is 2.34. The van der Waals surface area contributed by atoms with E-state index in [1.165, 1.54) is 18.4 Å². The minimum Gasteiger partial charge on any atom is -0.497 e. The van der Waals surface area contributed by atoms with Crippen LogP contribution in [0.4, 0.5) is 0 Å². The van der Waals surface area contributed by atoms with Crippen LogP contribution in [0.25, 0.3) is 0 Å². The number of rotatable bonds is 11. The number of likely N-dealkylation sites (tertiary alicyclic amines) is 2. The number of piperidine rings is 1. The second kappa shape index (κ2) is 13.1. The van der Waals surface area contributed by atoms with Gasteiger partial charge in [-0.3, -0.25) is 13.8 Å². The highest BCUT2D eigenvalue weighted by atomic mass is 32.2. The predicted molar refractivity (Wildman–Crippen MR) is 154 cm³/mol. The van der Waals surface area contributed by atoms with Crippen molar-refractivity contribution in [1.82, 2.24) is 19.4 Å². The average molecular weight is 545 g/mol. The molecule has 3 atom stereocenters. The molecule has 0 radical (unpaired) electrons. The van der Waals surface area contributed by atoms with Crippen molar-refractivity contribution in [3.8, 4) is 0 Å². The number of hydrogen-bond acceptors (Lipinski definition) is 5. The minimum absolute atomic E-state index is 0.00464. The zero-order chi connectivity index (χ0) is 27.1. The van der Waals surface area contributed by atoms with Gasteiger partial charge in [0.15, 0.2) is 0 Å². The van der Waals surface area contributed by atoms with Crippen molar-refractivity contribution >= 4 is 27.4 Å². The van der Waals surface area contributed by atoms with Crippen molar-refractivity contribution in [3.05, 3.63) is 47.3 Å². The van der Waals surface area contributed by atoms with E-state index in [2.05, 4.69) is 22.4 Å². The number of ether oxygens (including phenoxy) is 1. The first-order valence-electron chi connectivity index (χ1n) is 14.1. The molecular formula is C29H44N4O4S. The van der Waals surface area contributed by atoms with E-state index >= 15 is 0 Å². The largest absolute Gasteiger partial charge is 0.497 e. The van der Waals surface area contributed by atoms with Crippen LogP contribution in [-0.2, 0) is 24.0 Å². The Hall–Kier alpha value is -2.36. The van der Waals surface area contributed by atoms with Gasteiger partial charge in [0.25, 0.3) is 0 Å². The molecular weight excluding hydrogens is 500 g/mol. The van der Waals surface area contributed by atoms with Crippen LogP contribution in [0.1, 0.15) is 51.9 Å². The van der Waals surface area contributed by atoms with Crippen LogP contribution >= 0.6 is 0 Å². The van der Waals surface area contributed by atoms with Crippen LogP contribution in [0.5, 0.6) is 0 Å². The maximum atomic E-state index is 13.8. The quantitative estimate of drug-likeness (QED) is 0.405. The van der Waals surface area contributed by atoms with Crippen LogP contribution in [0.3, 0.4) is 0 Å². The first-order chi connectivity index (χ1) is 18.3. The number of nitrogens with zero attached hydrogens (tertiary/aromatic N) is 3. The summed E-state index contributed by atoms with van der Waals surface area (Å²) in [5, 5.41) is -0.303. The molecule has 0 aromatic carbocycles. The predicted octanol–water partition coefficient (Wildman–Crippen LogP) is 2.65. The lowest BCUT2D eigenvalue weighted by Gasteiger charge is -2.35. The summed E-state index contributed by atoms with van der Waals surface area (Å²) < 4.78 is 22.2. The molecule has 9 heteroatoms. The van der Waals surface area contributed by atoms with Crippen molar-refractivity contribution < 1.29 is 18.5 Å². The van der Waals surface area contributed by atoms with Crippen molar-refractivity contribution in [2.75, 3.05) is 52.9 Å². The Morgan fingerprint density at radius 1 is 1.18 bits per heavy atom. The maximum Gasteiger partial charge on any atom is 0.242 e. The molecule has 1 N–H and O–H groups in total. The molecule has 2 amide bonds. The van der Waals surface area contributed by atoms with E-state index in [0.29, 0.717) is 32.5 Å². The zero-order valence-electron chi connectivity index (χ0n) is 23.0. The lowest BCUT2D eigenvalue weighted by Crippen LogP contribution is -2.56. The molecule has 0 bridgehead atoms. The molecule has 2 aliphatic heterocycles. The number of carbonyl (C=O) groups is 2. The van der Waals surface area contributed by atoms with Gasteiger partial charge in [-0.25, -0.2) is 4.72 Å². The Bertz CT molecular complexity index is 1100. The van der Waals surface area contributed by atoms with E-state index in [4.69, 9.17) is 4.74 Å². The van der Waals surface area contributed by atoms with Gasteiger partial charge in [-0.15, -0.1) is 0 Å². The molecule has 4 aliphatic rings. The summed E-state index contributed by atoms with van der Waals surface area (Å²) in [7, 11) is -1.14. The number of methoxy groups -OCH3 is 1. The molecule has 0 saturated carbocycles. The Kier molecular flexibility index (Phi) is 9.90. The van der Waals surface area contributed by atoms with Gasteiger partial charge in [-0.2, -0.15) is 0 Å². The van der Waals surface area contributed by atoms with Crippen molar-refractivity contribution in [1.29, 1.82) is 0 Å². The second-order valence-electron chi connectivity index (χ2n) is 10.7. The number of nitrogens with one attached hydrogen (secondary N) is 1. The van der Waals surface area contributed by atoms with Crippen LogP contribution in [0.2, 0.25) is 0 Å². The van der Waals surface area contributed by atoms with Crippen LogP contribution < -0.4 is 4.72 Å². The van der Waals surface area contributed by atoms with Gasteiger partial charge in [0.05, 0.1) is 24.9 Å². The molecule has 210 valence electrons. The topological polar surface area (TPSA) is 82.2 Å². The van der Waals surface area contributed by atoms with Crippen LogP contribution in [0, 0.1) is 0 Å². The van der Waals surface area contributed by atoms with Crippen molar-refractivity contribution in [3.63, 3.8) is 0 Å². The summed E-state index contributed by atoms with van der Waals surface area (Å²) in [6.07, 6.45) is 16.0. The molecule has 4 rings (SSSR count). The smallest absolute Gasteiger partial charge is 0.242 e. The summed E-state index contributed by atoms with van der Waals surface area (Å²) >= 11 is 0. The van der Waals surface area contributed by atoms with Crippen LogP contribution in [-0.4, -0.2) is 101 Å². The summed E-state index contributed by atoms with van der Waals surface area (Å²) in [5.74, 6) is 4.71. The fourth-order valence-electron chi connectivity index (χ4n) is 5.71. The van der Waals surface area contributed by atoms with Gasteiger partial charge in [0.2, 0.25) is 11.8 Å². The Morgan fingerprint density at radius 3 is 2.71 bits per heavy atom. The van der Waals surface area contributed by atoms with Gasteiger partial charge in [-0.1, -0.05) is 30.7 Å². The monoisotopic (exact) mass is 544 g/mol. The van der Waals surface area contributed by atoms with Gasteiger partial charge < -0.3 is 19.4 Å². The number of hydrogen-bond donors (Lipinski definition) is 1. The molecule has 2 fully saturated rings. The SMILES string of the molecule is C=S(=O)(N[C@H]1CCCN(CC(=O)N(CCC)CCN2CCCC2)C1=O)C1C=CC2=C(CC=C(OC)C=C2)C1. The highest BCUT2D eigenvalue weighted by Crippen LogP contribution is 2.30. The van der Waals surface area contributed by atoms with Gasteiger partial charge >= 0.3 is 0 Å². The van der Waals surface area contributed by atoms with E-state index in [-0.39, 0.29) is 23.6 Å². The normalized spacial score (nSPS) is 25.6. The molecule has 2 saturated heterocycles. The number of amides is 2. The van der Waals surface area contributed by atoms with E-state index in [0.717, 1.165) is 50.2 Å². The molecule has 8 nitrogen and oxygen atoms in total. The van der Waals surface area contributed by atoms with E-state index < -0.39 is 15.7 Å². The summed E-state index contributed by atoms with van der Waals surface area (Å²) in [4.78, 5) is 32.5. The first-order valence-corrected chi connectivity index (χ1v) is 15.8. The minimum atomic E-state index is -2.79. The van der Waals surface area contributed by atoms with Gasteiger partial charge in [0, 0.05) is 35.9 Å². The molecule has 0 aromatic heterocycles. The standard InChI is InChI=1S/C29H44N4O4S/c1-4-15-32(20-19-31-16-5-6-17-31)28(34)22-33-18-7-8-27(29(33)35)30-38(3,36)26-14-11-23-9-12-25(37-2)13-10-24(23)21-26/h9,11-14,26-27H,3-8,10,15-22H2,1-2H3,(H,30,36)/t26?,27-,38?/m0/s1. The first kappa shape index (κ1) is 28.6. The fraction of sp³-hybridized carbons (Fsp3) is 0.621. The van der Waals surface area contributed by atoms with Crippen molar-refractivity contribution in [2.45, 2.75) is 63.2 Å². The molecule has 38 heavy (non-hydrogen) atoms.